The van der Waals surface area contributed by atoms with Gasteiger partial charge in [-0.05, 0) is 49.6 Å². The van der Waals surface area contributed by atoms with Crippen molar-refractivity contribution in [3.8, 4) is 0 Å². The first kappa shape index (κ1) is 16.2. The van der Waals surface area contributed by atoms with Gasteiger partial charge in [0.25, 0.3) is 0 Å². The molecule has 5 heteroatoms. The number of nitrogens with zero attached hydrogens (tertiary/aromatic N) is 1. The quantitative estimate of drug-likeness (QED) is 0.613. The minimum atomic E-state index is -0.358. The third kappa shape index (κ3) is 4.43. The lowest BCUT2D eigenvalue weighted by molar-refractivity contribution is 0.252. The Balaban J connectivity index is 1.97. The highest BCUT2D eigenvalue weighted by Gasteiger charge is 2.07. The van der Waals surface area contributed by atoms with E-state index in [0.717, 1.165) is 26.9 Å². The molecular weight excluding hydrogens is 342 g/mol. The van der Waals surface area contributed by atoms with Gasteiger partial charge in [0.2, 0.25) is 0 Å². The summed E-state index contributed by atoms with van der Waals surface area (Å²) in [5, 5.41) is 6.77. The summed E-state index contributed by atoms with van der Waals surface area (Å²) in [6.45, 7) is 5.98. The summed E-state index contributed by atoms with van der Waals surface area (Å²) in [5.74, 6) is 0. The molecule has 0 fully saturated rings. The number of anilines is 1. The van der Waals surface area contributed by atoms with Gasteiger partial charge in [0.15, 0.2) is 0 Å². The lowest BCUT2D eigenvalue weighted by Crippen LogP contribution is -2.25. The zero-order valence-electron chi connectivity index (χ0n) is 12.8. The molecule has 114 valence electrons. The van der Waals surface area contributed by atoms with Gasteiger partial charge in [0, 0.05) is 10.2 Å². The molecule has 0 spiro atoms. The van der Waals surface area contributed by atoms with Gasteiger partial charge in [-0.3, -0.25) is 0 Å². The van der Waals surface area contributed by atoms with Crippen molar-refractivity contribution in [1.29, 1.82) is 0 Å². The van der Waals surface area contributed by atoms with Crippen molar-refractivity contribution in [1.82, 2.24) is 5.43 Å². The Bertz CT molecular complexity index is 685. The summed E-state index contributed by atoms with van der Waals surface area (Å²) in [7, 11) is 0. The van der Waals surface area contributed by atoms with Crippen LogP contribution in [0.5, 0.6) is 0 Å². The lowest BCUT2D eigenvalue weighted by Gasteiger charge is -2.12. The van der Waals surface area contributed by atoms with Crippen LogP contribution in [0, 0.1) is 20.8 Å². The molecule has 4 nitrogen and oxygen atoms in total. The molecule has 22 heavy (non-hydrogen) atoms. The van der Waals surface area contributed by atoms with Crippen LogP contribution >= 0.6 is 15.9 Å². The second-order valence-corrected chi connectivity index (χ2v) is 6.07. The van der Waals surface area contributed by atoms with Crippen LogP contribution in [0.25, 0.3) is 0 Å². The van der Waals surface area contributed by atoms with E-state index < -0.39 is 0 Å². The van der Waals surface area contributed by atoms with Gasteiger partial charge in [-0.1, -0.05) is 45.8 Å². The van der Waals surface area contributed by atoms with Crippen molar-refractivity contribution in [3.63, 3.8) is 0 Å². The van der Waals surface area contributed by atoms with Crippen LogP contribution in [0.4, 0.5) is 10.5 Å². The summed E-state index contributed by atoms with van der Waals surface area (Å²) in [6.07, 6.45) is 1.60. The van der Waals surface area contributed by atoms with Crippen LogP contribution in [0.1, 0.15) is 22.3 Å². The summed E-state index contributed by atoms with van der Waals surface area (Å²) in [6, 6.07) is 11.4. The molecule has 0 aliphatic carbocycles. The van der Waals surface area contributed by atoms with E-state index in [0.29, 0.717) is 0 Å². The van der Waals surface area contributed by atoms with E-state index in [-0.39, 0.29) is 6.03 Å². The third-order valence-electron chi connectivity index (χ3n) is 3.17. The molecule has 2 aromatic rings. The van der Waals surface area contributed by atoms with Crippen LogP contribution in [0.15, 0.2) is 46.0 Å². The number of urea groups is 1. The fourth-order valence-electron chi connectivity index (χ4n) is 2.23. The molecule has 0 saturated heterocycles. The smallest absolute Gasteiger partial charge is 0.306 e. The Labute approximate surface area is 138 Å². The van der Waals surface area contributed by atoms with Gasteiger partial charge >= 0.3 is 6.03 Å². The predicted octanol–water partition coefficient (Wildman–Crippen LogP) is 4.53. The molecule has 2 N–H and O–H groups in total. The highest BCUT2D eigenvalue weighted by atomic mass is 79.9. The highest BCUT2D eigenvalue weighted by molar-refractivity contribution is 9.10. The maximum absolute atomic E-state index is 11.9. The second-order valence-electron chi connectivity index (χ2n) is 5.15. The first-order valence-electron chi connectivity index (χ1n) is 6.89. The average molecular weight is 360 g/mol. The Kier molecular flexibility index (Phi) is 5.33. The minimum Gasteiger partial charge on any atom is -0.306 e. The number of nitrogens with one attached hydrogen (secondary N) is 2. The van der Waals surface area contributed by atoms with Crippen LogP contribution in [-0.2, 0) is 0 Å². The normalized spacial score (nSPS) is 10.7. The number of aryl methyl sites for hydroxylation is 3. The Morgan fingerprint density at radius 1 is 1.09 bits per heavy atom. The average Bonchev–Trinajstić information content (AvgIpc) is 2.45. The molecule has 0 bridgehead atoms. The molecule has 0 radical (unpaired) electrons. The summed E-state index contributed by atoms with van der Waals surface area (Å²) < 4.78 is 1.00. The van der Waals surface area contributed by atoms with Gasteiger partial charge in [-0.25, -0.2) is 10.2 Å². The van der Waals surface area contributed by atoms with Crippen molar-refractivity contribution in [2.75, 3.05) is 5.32 Å². The zero-order valence-corrected chi connectivity index (χ0v) is 14.4. The zero-order chi connectivity index (χ0) is 16.1. The highest BCUT2D eigenvalue weighted by Crippen LogP contribution is 2.21. The molecule has 2 aromatic carbocycles. The number of halogens is 1. The van der Waals surface area contributed by atoms with Gasteiger partial charge in [-0.15, -0.1) is 0 Å². The van der Waals surface area contributed by atoms with E-state index in [2.05, 4.69) is 31.8 Å². The number of carbonyl (C=O) groups excluding carboxylic acids is 1. The van der Waals surface area contributed by atoms with E-state index >= 15 is 0 Å². The summed E-state index contributed by atoms with van der Waals surface area (Å²) >= 11 is 3.37. The molecule has 0 heterocycles. The molecule has 0 unspecified atom stereocenters. The standard InChI is InChI=1S/C17H18BrN3O/c1-11-8-12(2)16(13(3)9-11)20-17(22)21-19-10-14-4-6-15(18)7-5-14/h4-10H,1-3H3,(H2,20,21,22)/b19-10+. The van der Waals surface area contributed by atoms with E-state index in [1.807, 2.05) is 57.2 Å². The third-order valence-corrected chi connectivity index (χ3v) is 3.69. The first-order valence-corrected chi connectivity index (χ1v) is 7.68. The van der Waals surface area contributed by atoms with Crippen LogP contribution < -0.4 is 10.7 Å². The molecular formula is C17H18BrN3O. The number of benzene rings is 2. The number of hydrogen-bond donors (Lipinski definition) is 2. The fourth-order valence-corrected chi connectivity index (χ4v) is 2.50. The minimum absolute atomic E-state index is 0.358. The fraction of sp³-hybridized carbons (Fsp3) is 0.176. The molecule has 2 rings (SSSR count). The van der Waals surface area contributed by atoms with Gasteiger partial charge in [0.1, 0.15) is 0 Å². The Hall–Kier alpha value is -2.14. The van der Waals surface area contributed by atoms with E-state index in [4.69, 9.17) is 0 Å². The molecule has 0 atom stereocenters. The van der Waals surface area contributed by atoms with Crippen molar-refractivity contribution >= 4 is 33.9 Å². The number of carbonyl (C=O) groups is 1. The summed E-state index contributed by atoms with van der Waals surface area (Å²) in [5.41, 5.74) is 7.44. The van der Waals surface area contributed by atoms with Crippen molar-refractivity contribution < 1.29 is 4.79 Å². The van der Waals surface area contributed by atoms with Gasteiger partial charge in [-0.2, -0.15) is 5.10 Å². The van der Waals surface area contributed by atoms with E-state index in [1.165, 1.54) is 5.56 Å². The summed E-state index contributed by atoms with van der Waals surface area (Å²) in [4.78, 5) is 11.9. The molecule has 2 amide bonds. The maximum atomic E-state index is 11.9. The van der Waals surface area contributed by atoms with Crippen LogP contribution in [0.3, 0.4) is 0 Å². The molecule has 0 saturated carbocycles. The SMILES string of the molecule is Cc1cc(C)c(NC(=O)N/N=C/c2ccc(Br)cc2)c(C)c1. The molecule has 0 aliphatic heterocycles. The monoisotopic (exact) mass is 359 g/mol. The molecule has 0 aliphatic rings. The van der Waals surface area contributed by atoms with Crippen LogP contribution in [0.2, 0.25) is 0 Å². The number of hydrogen-bond acceptors (Lipinski definition) is 2. The van der Waals surface area contributed by atoms with Crippen LogP contribution in [-0.4, -0.2) is 12.2 Å². The molecule has 0 aromatic heterocycles. The number of amides is 2. The Morgan fingerprint density at radius 2 is 1.68 bits per heavy atom. The predicted molar refractivity (Wildman–Crippen MR) is 94.5 cm³/mol. The topological polar surface area (TPSA) is 53.5 Å². The number of rotatable bonds is 3. The number of hydrazone groups is 1. The maximum Gasteiger partial charge on any atom is 0.339 e. The first-order chi connectivity index (χ1) is 10.5. The van der Waals surface area contributed by atoms with E-state index in [1.54, 1.807) is 6.21 Å². The largest absolute Gasteiger partial charge is 0.339 e. The second kappa shape index (κ2) is 7.22. The Morgan fingerprint density at radius 3 is 2.27 bits per heavy atom. The van der Waals surface area contributed by atoms with Gasteiger partial charge < -0.3 is 5.32 Å². The lowest BCUT2D eigenvalue weighted by atomic mass is 10.1. The van der Waals surface area contributed by atoms with E-state index in [9.17, 15) is 4.79 Å². The van der Waals surface area contributed by atoms with Crippen molar-refractivity contribution in [3.05, 3.63) is 63.1 Å². The van der Waals surface area contributed by atoms with Crippen molar-refractivity contribution in [2.45, 2.75) is 20.8 Å². The van der Waals surface area contributed by atoms with Crippen molar-refractivity contribution in [2.24, 2.45) is 5.10 Å². The van der Waals surface area contributed by atoms with Gasteiger partial charge in [0.05, 0.1) is 6.21 Å².